The minimum Gasteiger partial charge on any atom is -0.0920 e. The summed E-state index contributed by atoms with van der Waals surface area (Å²) in [6.45, 7) is 8.43. The first kappa shape index (κ1) is 350. The molecule has 0 nitrogen and oxygen atoms in total. The molecule has 0 amide bonds. The molecular formula is C34H120B4Y4. The summed E-state index contributed by atoms with van der Waals surface area (Å²) in [6, 6.07) is 0. The van der Waals surface area contributed by atoms with E-state index in [1.54, 1.807) is 0 Å². The Balaban J connectivity index is -0.00000000147. The second kappa shape index (κ2) is 423. The molecule has 280 valence electrons. The second-order valence-corrected chi connectivity index (χ2v) is 3.49. The van der Waals surface area contributed by atoms with Crippen molar-refractivity contribution < 1.29 is 131 Å². The van der Waals surface area contributed by atoms with Crippen molar-refractivity contribution in [2.45, 2.75) is 244 Å². The summed E-state index contributed by atoms with van der Waals surface area (Å²) in [7, 11) is 8.85. The molecule has 0 aliphatic rings. The van der Waals surface area contributed by atoms with E-state index in [9.17, 15) is 0 Å². The van der Waals surface area contributed by atoms with Gasteiger partial charge in [0.05, 0.1) is 0 Å². The number of rotatable bonds is 8. The van der Waals surface area contributed by atoms with Crippen LogP contribution in [0.1, 0.15) is 191 Å². The molecule has 0 saturated carbocycles. The Morgan fingerprint density at radius 1 is 0.214 bits per heavy atom. The molecule has 0 spiro atoms. The monoisotopic (exact) mass is 929 g/mol. The summed E-state index contributed by atoms with van der Waals surface area (Å²) < 4.78 is 0. The van der Waals surface area contributed by atoms with Crippen molar-refractivity contribution in [3.8, 4) is 0 Å². The van der Waals surface area contributed by atoms with Gasteiger partial charge in [0.2, 0.25) is 0 Å². The van der Waals surface area contributed by atoms with Crippen LogP contribution in [0, 0.1) is 0 Å². The second-order valence-electron chi connectivity index (χ2n) is 3.49. The Morgan fingerprint density at radius 2 is 0.286 bits per heavy atom. The van der Waals surface area contributed by atoms with Crippen molar-refractivity contribution >= 4 is 29.1 Å². The maximum atomic E-state index is 2.21. The molecule has 0 rings (SSSR count). The molecule has 0 aromatic heterocycles. The minimum atomic E-state index is 0. The van der Waals surface area contributed by atoms with E-state index < -0.39 is 0 Å². The molecule has 0 aromatic rings. The zero-order chi connectivity index (χ0) is 11.1. The molecule has 0 fully saturated rings. The molecule has 0 heterocycles. The Labute approximate surface area is 397 Å². The maximum absolute atomic E-state index is 2.21. The van der Waals surface area contributed by atoms with Crippen LogP contribution in [0.25, 0.3) is 0 Å². The van der Waals surface area contributed by atoms with Crippen molar-refractivity contribution in [2.75, 3.05) is 0 Å². The molecule has 0 bridgehead atoms. The molecule has 0 saturated heterocycles. The van der Waals surface area contributed by atoms with Gasteiger partial charge in [-0.05, 0) is 0 Å². The van der Waals surface area contributed by atoms with Gasteiger partial charge in [0.15, 0.2) is 0 Å². The Kier molecular flexibility index (Phi) is 3530. The topological polar surface area (TPSA) is 0 Å². The molecule has 42 heavy (non-hydrogen) atoms. The third-order valence-electron chi connectivity index (χ3n) is 1.97. The Bertz CT molecular complexity index is 85.9. The zero-order valence-electron chi connectivity index (χ0n) is 12.9. The van der Waals surface area contributed by atoms with E-state index in [0.717, 1.165) is 0 Å². The molecule has 0 atom stereocenters. The first-order valence-corrected chi connectivity index (χ1v) is 5.94. The summed E-state index contributed by atoms with van der Waals surface area (Å²) in [6.07, 6.45) is 7.73. The van der Waals surface area contributed by atoms with Crippen molar-refractivity contribution in [2.24, 2.45) is 0 Å². The maximum Gasteiger partial charge on any atom is 0.105 e. The normalized spacial score (nSPS) is 2.76. The van der Waals surface area contributed by atoms with Gasteiger partial charge in [0.25, 0.3) is 0 Å². The van der Waals surface area contributed by atoms with Crippen molar-refractivity contribution in [3.05, 3.63) is 0 Å². The first-order valence-electron chi connectivity index (χ1n) is 5.94. The molecule has 0 unspecified atom stereocenters. The van der Waals surface area contributed by atoms with Gasteiger partial charge in [-0.1, -0.05) is 244 Å². The standard InChI is InChI=1S/2C5H12B2.24CH4.4Y/c2*1-6-4-3-5-7-2;;;;;;;;;;;;;;;;;;;;;;;;;;;;/h2*3-5H2,1-2H3;24*1H4;;;;. The zero-order valence-corrected chi connectivity index (χ0v) is 24.2. The summed E-state index contributed by atoms with van der Waals surface area (Å²) >= 11 is 0. The summed E-state index contributed by atoms with van der Waals surface area (Å²) in [4.78, 5) is 0. The van der Waals surface area contributed by atoms with Gasteiger partial charge in [-0.2, -0.15) is 0 Å². The van der Waals surface area contributed by atoms with Crippen LogP contribution in [0.15, 0.2) is 0 Å². The van der Waals surface area contributed by atoms with Gasteiger partial charge in [0.1, 0.15) is 29.1 Å². The molecule has 0 aliphatic carbocycles. The molecule has 8 heteroatoms. The predicted octanol–water partition coefficient (Wildman–Crippen LogP) is 18.7. The summed E-state index contributed by atoms with van der Waals surface area (Å²) in [5.74, 6) is 0. The van der Waals surface area contributed by atoms with E-state index in [2.05, 4.69) is 56.4 Å². The van der Waals surface area contributed by atoms with Crippen LogP contribution in [0.4, 0.5) is 0 Å². The number of hydrogen-bond donors (Lipinski definition) is 0. The number of hydrogen-bond acceptors (Lipinski definition) is 0. The molecule has 0 aromatic carbocycles. The van der Waals surface area contributed by atoms with Gasteiger partial charge in [0, 0.05) is 131 Å². The van der Waals surface area contributed by atoms with Crippen LogP contribution < -0.4 is 0 Å². The van der Waals surface area contributed by atoms with Crippen LogP contribution in [0.3, 0.4) is 0 Å². The van der Waals surface area contributed by atoms with Crippen LogP contribution in [0.5, 0.6) is 0 Å². The van der Waals surface area contributed by atoms with Crippen molar-refractivity contribution in [1.29, 1.82) is 0 Å². The fraction of sp³-hybridized carbons (Fsp3) is 1.00. The van der Waals surface area contributed by atoms with Crippen LogP contribution >= 0.6 is 0 Å². The van der Waals surface area contributed by atoms with Gasteiger partial charge in [-0.3, -0.25) is 0 Å². The Hall–Kier alpha value is 4.68. The molecular weight excluding hydrogens is 807 g/mol. The van der Waals surface area contributed by atoms with E-state index >= 15 is 0 Å². The fourth-order valence-electron chi connectivity index (χ4n) is 1.05. The quantitative estimate of drug-likeness (QED) is 0.168. The largest absolute Gasteiger partial charge is 0.105 e. The third-order valence-corrected chi connectivity index (χ3v) is 1.97. The van der Waals surface area contributed by atoms with Gasteiger partial charge in [-0.15, -0.1) is 0 Å². The van der Waals surface area contributed by atoms with Gasteiger partial charge < -0.3 is 0 Å². The fourth-order valence-corrected chi connectivity index (χ4v) is 1.05. The summed E-state index contributed by atoms with van der Waals surface area (Å²) in [5, 5.41) is 0. The van der Waals surface area contributed by atoms with Crippen LogP contribution in [-0.4, -0.2) is 29.1 Å². The van der Waals surface area contributed by atoms with E-state index in [-0.39, 0.29) is 309 Å². The smallest absolute Gasteiger partial charge is 0.0920 e. The van der Waals surface area contributed by atoms with Gasteiger partial charge in [-0.25, -0.2) is 0 Å². The third kappa shape index (κ3) is 530. The predicted molar refractivity (Wildman–Crippen MR) is 236 cm³/mol. The minimum absolute atomic E-state index is 0. The average Bonchev–Trinajstić information content (AvgIpc) is 2.21. The molecule has 8 radical (unpaired) electrons. The SMILES string of the molecule is C.C.C.C.C.C.C.C.C.C.C.C.C.C.C.C.C.C.C.C.C.C.C.C.C[B]CCC[B]C.C[B]CCC[B]C.[Y].[Y].[Y].[Y]. The van der Waals surface area contributed by atoms with E-state index in [0.29, 0.717) is 0 Å². The first-order chi connectivity index (χ1) is 6.83. The van der Waals surface area contributed by atoms with Crippen molar-refractivity contribution in [1.82, 2.24) is 0 Å². The van der Waals surface area contributed by atoms with E-state index in [1.807, 2.05) is 0 Å². The van der Waals surface area contributed by atoms with Crippen molar-refractivity contribution in [3.63, 3.8) is 0 Å². The average molecular weight is 928 g/mol. The Morgan fingerprint density at radius 3 is 0.333 bits per heavy atom. The van der Waals surface area contributed by atoms with Crippen LogP contribution in [-0.2, 0) is 131 Å². The van der Waals surface area contributed by atoms with E-state index in [4.69, 9.17) is 0 Å². The van der Waals surface area contributed by atoms with E-state index in [1.165, 1.54) is 38.1 Å². The summed E-state index contributed by atoms with van der Waals surface area (Å²) in [5.41, 5.74) is 0. The molecule has 0 aliphatic heterocycles. The van der Waals surface area contributed by atoms with Gasteiger partial charge >= 0.3 is 0 Å². The molecule has 0 N–H and O–H groups in total. The van der Waals surface area contributed by atoms with Crippen LogP contribution in [0.2, 0.25) is 52.6 Å².